The van der Waals surface area contributed by atoms with E-state index in [9.17, 15) is 18.0 Å². The molecule has 0 radical (unpaired) electrons. The van der Waals surface area contributed by atoms with Gasteiger partial charge >= 0.3 is 0 Å². The van der Waals surface area contributed by atoms with Gasteiger partial charge in [0.05, 0.1) is 19.1 Å². The highest BCUT2D eigenvalue weighted by atomic mass is 79.9. The molecular formula is C21H26BrN3O5S. The average Bonchev–Trinajstić information content (AvgIpc) is 2.75. The van der Waals surface area contributed by atoms with Crippen LogP contribution in [-0.4, -0.2) is 58.1 Å². The normalized spacial score (nSPS) is 12.0. The van der Waals surface area contributed by atoms with Crippen LogP contribution in [-0.2, 0) is 26.2 Å². The minimum absolute atomic E-state index is 0.154. The third-order valence-corrected chi connectivity index (χ3v) is 6.39. The fourth-order valence-electron chi connectivity index (χ4n) is 2.94. The molecule has 1 atom stereocenters. The Labute approximate surface area is 191 Å². The summed E-state index contributed by atoms with van der Waals surface area (Å²) in [5, 5.41) is 2.54. The Kier molecular flexibility index (Phi) is 8.46. The van der Waals surface area contributed by atoms with Gasteiger partial charge in [0, 0.05) is 18.1 Å². The Morgan fingerprint density at radius 2 is 1.68 bits per heavy atom. The van der Waals surface area contributed by atoms with Gasteiger partial charge in [-0.1, -0.05) is 28.1 Å². The third kappa shape index (κ3) is 6.70. The second-order valence-electron chi connectivity index (χ2n) is 6.91. The van der Waals surface area contributed by atoms with Crippen LogP contribution >= 0.6 is 15.9 Å². The van der Waals surface area contributed by atoms with Gasteiger partial charge in [0.1, 0.15) is 18.3 Å². The Balaban J connectivity index is 2.35. The summed E-state index contributed by atoms with van der Waals surface area (Å²) in [5.74, 6) is -0.283. The molecule has 0 spiro atoms. The zero-order valence-corrected chi connectivity index (χ0v) is 20.2. The van der Waals surface area contributed by atoms with Crippen molar-refractivity contribution in [3.63, 3.8) is 0 Å². The Hall–Kier alpha value is -2.59. The molecule has 31 heavy (non-hydrogen) atoms. The third-order valence-electron chi connectivity index (χ3n) is 4.72. The lowest BCUT2D eigenvalue weighted by Gasteiger charge is -2.31. The fraction of sp³-hybridized carbons (Fsp3) is 0.333. The van der Waals surface area contributed by atoms with Gasteiger partial charge in [-0.25, -0.2) is 8.42 Å². The maximum absolute atomic E-state index is 13.2. The minimum Gasteiger partial charge on any atom is -0.497 e. The summed E-state index contributed by atoms with van der Waals surface area (Å²) in [6.45, 7) is 1.32. The maximum Gasteiger partial charge on any atom is 0.244 e. The molecule has 2 aromatic carbocycles. The lowest BCUT2D eigenvalue weighted by Crippen LogP contribution is -2.50. The topological polar surface area (TPSA) is 96.0 Å². The molecule has 0 saturated carbocycles. The molecule has 10 heteroatoms. The predicted molar refractivity (Wildman–Crippen MR) is 123 cm³/mol. The quantitative estimate of drug-likeness (QED) is 0.557. The molecular weight excluding hydrogens is 486 g/mol. The fourth-order valence-corrected chi connectivity index (χ4v) is 4.05. The number of hydrogen-bond donors (Lipinski definition) is 1. The molecule has 1 N–H and O–H groups in total. The molecule has 0 heterocycles. The van der Waals surface area contributed by atoms with Gasteiger partial charge in [-0.05, 0) is 48.9 Å². The molecule has 0 saturated heterocycles. The Morgan fingerprint density at radius 1 is 1.10 bits per heavy atom. The smallest absolute Gasteiger partial charge is 0.244 e. The van der Waals surface area contributed by atoms with Crippen molar-refractivity contribution in [2.45, 2.75) is 19.5 Å². The molecule has 2 amide bonds. The van der Waals surface area contributed by atoms with Crippen molar-refractivity contribution in [2.24, 2.45) is 0 Å². The second kappa shape index (κ2) is 10.6. The van der Waals surface area contributed by atoms with Gasteiger partial charge in [-0.2, -0.15) is 0 Å². The van der Waals surface area contributed by atoms with Crippen molar-refractivity contribution in [3.05, 3.63) is 58.6 Å². The number of nitrogens with one attached hydrogen (secondary N) is 1. The lowest BCUT2D eigenvalue weighted by atomic mass is 10.1. The molecule has 168 valence electrons. The van der Waals surface area contributed by atoms with Crippen LogP contribution in [0, 0.1) is 0 Å². The van der Waals surface area contributed by atoms with E-state index < -0.39 is 28.5 Å². The van der Waals surface area contributed by atoms with Gasteiger partial charge in [0.2, 0.25) is 21.8 Å². The number of benzene rings is 2. The molecule has 0 aliphatic heterocycles. The number of hydrogen-bond acceptors (Lipinski definition) is 5. The number of rotatable bonds is 9. The number of likely N-dealkylation sites (N-methyl/N-ethyl adjacent to an activating group) is 1. The van der Waals surface area contributed by atoms with Crippen LogP contribution in [0.3, 0.4) is 0 Å². The van der Waals surface area contributed by atoms with Crippen molar-refractivity contribution in [3.8, 4) is 5.75 Å². The summed E-state index contributed by atoms with van der Waals surface area (Å²) < 4.78 is 31.9. The van der Waals surface area contributed by atoms with E-state index in [0.717, 1.165) is 20.6 Å². The number of nitrogens with zero attached hydrogens (tertiary/aromatic N) is 2. The van der Waals surface area contributed by atoms with E-state index in [2.05, 4.69) is 21.2 Å². The van der Waals surface area contributed by atoms with Gasteiger partial charge in [-0.15, -0.1) is 0 Å². The number of methoxy groups -OCH3 is 1. The monoisotopic (exact) mass is 511 g/mol. The number of anilines is 1. The van der Waals surface area contributed by atoms with Crippen LogP contribution in [0.15, 0.2) is 53.0 Å². The van der Waals surface area contributed by atoms with E-state index in [0.29, 0.717) is 11.4 Å². The SMILES string of the molecule is CNC(=O)[C@H](C)N(Cc1ccc(Br)cc1)C(=O)CN(c1ccc(OC)cc1)S(C)(=O)=O. The van der Waals surface area contributed by atoms with E-state index >= 15 is 0 Å². The second-order valence-corrected chi connectivity index (χ2v) is 9.73. The Bertz CT molecular complexity index is 1010. The summed E-state index contributed by atoms with van der Waals surface area (Å²) in [5.41, 5.74) is 1.13. The highest BCUT2D eigenvalue weighted by molar-refractivity contribution is 9.10. The van der Waals surface area contributed by atoms with E-state index in [-0.39, 0.29) is 12.5 Å². The van der Waals surface area contributed by atoms with Crippen molar-refractivity contribution < 1.29 is 22.7 Å². The van der Waals surface area contributed by atoms with Gasteiger partial charge < -0.3 is 15.0 Å². The molecule has 2 aromatic rings. The lowest BCUT2D eigenvalue weighted by molar-refractivity contribution is -0.139. The predicted octanol–water partition coefficient (Wildman–Crippen LogP) is 2.39. The average molecular weight is 512 g/mol. The number of amides is 2. The van der Waals surface area contributed by atoms with Crippen molar-refractivity contribution in [1.82, 2.24) is 10.2 Å². The molecule has 0 aromatic heterocycles. The van der Waals surface area contributed by atoms with E-state index in [4.69, 9.17) is 4.74 Å². The molecule has 0 bridgehead atoms. The van der Waals surface area contributed by atoms with Crippen LogP contribution in [0.4, 0.5) is 5.69 Å². The van der Waals surface area contributed by atoms with Crippen LogP contribution < -0.4 is 14.4 Å². The minimum atomic E-state index is -3.76. The largest absolute Gasteiger partial charge is 0.497 e. The van der Waals surface area contributed by atoms with Crippen LogP contribution in [0.2, 0.25) is 0 Å². The first-order valence-electron chi connectivity index (χ1n) is 9.44. The van der Waals surface area contributed by atoms with Crippen LogP contribution in [0.1, 0.15) is 12.5 Å². The van der Waals surface area contributed by atoms with Crippen molar-refractivity contribution >= 4 is 43.5 Å². The molecule has 0 fully saturated rings. The number of ether oxygens (including phenoxy) is 1. The zero-order valence-electron chi connectivity index (χ0n) is 17.8. The van der Waals surface area contributed by atoms with Crippen LogP contribution in [0.25, 0.3) is 0 Å². The summed E-state index contributed by atoms with van der Waals surface area (Å²) in [7, 11) is -0.763. The molecule has 0 aliphatic rings. The first-order valence-corrected chi connectivity index (χ1v) is 12.1. The van der Waals surface area contributed by atoms with Crippen molar-refractivity contribution in [2.75, 3.05) is 31.3 Å². The van der Waals surface area contributed by atoms with Gasteiger partial charge in [0.15, 0.2) is 0 Å². The highest BCUT2D eigenvalue weighted by Crippen LogP contribution is 2.22. The highest BCUT2D eigenvalue weighted by Gasteiger charge is 2.29. The summed E-state index contributed by atoms with van der Waals surface area (Å²) in [4.78, 5) is 26.9. The molecule has 0 aliphatic carbocycles. The number of sulfonamides is 1. The maximum atomic E-state index is 13.2. The zero-order chi connectivity index (χ0) is 23.2. The van der Waals surface area contributed by atoms with Crippen molar-refractivity contribution in [1.29, 1.82) is 0 Å². The number of carbonyl (C=O) groups excluding carboxylic acids is 2. The summed E-state index contributed by atoms with van der Waals surface area (Å²) >= 11 is 3.37. The number of carbonyl (C=O) groups is 2. The van der Waals surface area contributed by atoms with Gasteiger partial charge in [0.25, 0.3) is 0 Å². The molecule has 2 rings (SSSR count). The van der Waals surface area contributed by atoms with E-state index in [1.54, 1.807) is 31.2 Å². The van der Waals surface area contributed by atoms with Gasteiger partial charge in [-0.3, -0.25) is 13.9 Å². The van der Waals surface area contributed by atoms with E-state index in [1.165, 1.54) is 19.1 Å². The summed E-state index contributed by atoms with van der Waals surface area (Å²) in [6, 6.07) is 12.9. The van der Waals surface area contributed by atoms with Crippen LogP contribution in [0.5, 0.6) is 5.75 Å². The standard InChI is InChI=1S/C21H26BrN3O5S/c1-15(21(27)23-2)24(13-16-5-7-17(22)8-6-16)20(26)14-25(31(4,28)29)18-9-11-19(30-3)12-10-18/h5-12,15H,13-14H2,1-4H3,(H,23,27)/t15-/m0/s1. The summed E-state index contributed by atoms with van der Waals surface area (Å²) in [6.07, 6.45) is 1.03. The molecule has 0 unspecified atom stereocenters. The van der Waals surface area contributed by atoms with E-state index in [1.807, 2.05) is 24.3 Å². The first kappa shape index (κ1) is 24.7. The number of halogens is 1. The first-order chi connectivity index (χ1) is 14.6. The molecule has 8 nitrogen and oxygen atoms in total. The Morgan fingerprint density at radius 3 is 2.16 bits per heavy atom.